The Hall–Kier alpha value is -2.61. The van der Waals surface area contributed by atoms with Gasteiger partial charge in [-0.3, -0.25) is 9.69 Å². The number of rotatable bonds is 4. The molecule has 2 aliphatic rings. The van der Waals surface area contributed by atoms with E-state index in [1.54, 1.807) is 29.2 Å². The van der Waals surface area contributed by atoms with Gasteiger partial charge in [-0.2, -0.15) is 13.2 Å². The zero-order valence-electron chi connectivity index (χ0n) is 16.9. The predicted octanol–water partition coefficient (Wildman–Crippen LogP) is 4.34. The Balaban J connectivity index is 1.35. The molecule has 1 N–H and O–H groups in total. The van der Waals surface area contributed by atoms with Crippen LogP contribution in [0.5, 0.6) is 5.75 Å². The molecule has 2 fully saturated rings. The second-order valence-corrected chi connectivity index (χ2v) is 8.26. The van der Waals surface area contributed by atoms with E-state index in [-0.39, 0.29) is 30.7 Å². The molecule has 4 nitrogen and oxygen atoms in total. The number of aromatic hydroxyl groups is 1. The average Bonchev–Trinajstić information content (AvgIpc) is 3.09. The van der Waals surface area contributed by atoms with Crippen LogP contribution in [-0.4, -0.2) is 52.7 Å². The molecule has 0 saturated carbocycles. The Morgan fingerprint density at radius 1 is 0.968 bits per heavy atom. The van der Waals surface area contributed by atoms with Gasteiger partial charge >= 0.3 is 6.18 Å². The topological polar surface area (TPSA) is 43.8 Å². The van der Waals surface area contributed by atoms with Crippen molar-refractivity contribution in [1.29, 1.82) is 0 Å². The van der Waals surface area contributed by atoms with Crippen LogP contribution in [0.2, 0.25) is 0 Å². The van der Waals surface area contributed by atoms with Gasteiger partial charge in [0, 0.05) is 25.6 Å². The molecule has 0 aromatic heterocycles. The Kier molecular flexibility index (Phi) is 5.92. The minimum atomic E-state index is -4.39. The maximum atomic E-state index is 14.9. The summed E-state index contributed by atoms with van der Waals surface area (Å²) in [6, 6.07) is 11.0. The molecule has 1 unspecified atom stereocenters. The molecular formula is C23H24F4N2O2. The number of piperidine rings is 1. The van der Waals surface area contributed by atoms with Crippen LogP contribution in [-0.2, 0) is 17.5 Å². The van der Waals surface area contributed by atoms with E-state index >= 15 is 0 Å². The van der Waals surface area contributed by atoms with Gasteiger partial charge in [-0.05, 0) is 54.8 Å². The third-order valence-corrected chi connectivity index (χ3v) is 6.26. The number of amides is 1. The highest BCUT2D eigenvalue weighted by Crippen LogP contribution is 2.34. The molecule has 8 heteroatoms. The number of phenolic OH excluding ortho intramolecular Hbond substituents is 1. The number of halogens is 4. The van der Waals surface area contributed by atoms with Crippen molar-refractivity contribution in [2.24, 2.45) is 0 Å². The number of carbonyl (C=O) groups is 1. The van der Waals surface area contributed by atoms with E-state index in [0.29, 0.717) is 31.5 Å². The third-order valence-electron chi connectivity index (χ3n) is 6.26. The van der Waals surface area contributed by atoms with Gasteiger partial charge in [-0.1, -0.05) is 24.3 Å². The number of hydrogen-bond donors (Lipinski definition) is 1. The SMILES string of the molecule is O=C1C(N2CC[C@H](c3ccc(O)cc3)[C@@H](F)C2)CCN1Cc1ccc(C(F)(F)F)cc1. The molecule has 1 amide bonds. The van der Waals surface area contributed by atoms with E-state index in [1.807, 2.05) is 4.90 Å². The zero-order valence-corrected chi connectivity index (χ0v) is 16.9. The van der Waals surface area contributed by atoms with Gasteiger partial charge < -0.3 is 10.0 Å². The summed E-state index contributed by atoms with van der Waals surface area (Å²) in [5.41, 5.74) is 0.760. The first-order valence-electron chi connectivity index (χ1n) is 10.3. The van der Waals surface area contributed by atoms with Crippen molar-refractivity contribution in [2.75, 3.05) is 19.6 Å². The molecule has 0 spiro atoms. The number of alkyl halides is 4. The zero-order chi connectivity index (χ0) is 22.2. The largest absolute Gasteiger partial charge is 0.508 e. The highest BCUT2D eigenvalue weighted by molar-refractivity contribution is 5.84. The number of likely N-dealkylation sites (tertiary alicyclic amines) is 2. The van der Waals surface area contributed by atoms with E-state index < -0.39 is 24.0 Å². The smallest absolute Gasteiger partial charge is 0.416 e. The Morgan fingerprint density at radius 2 is 1.65 bits per heavy atom. The fourth-order valence-corrected chi connectivity index (χ4v) is 4.55. The number of phenols is 1. The van der Waals surface area contributed by atoms with Crippen molar-refractivity contribution in [3.63, 3.8) is 0 Å². The van der Waals surface area contributed by atoms with Crippen LogP contribution in [0.15, 0.2) is 48.5 Å². The van der Waals surface area contributed by atoms with E-state index in [2.05, 4.69) is 0 Å². The van der Waals surface area contributed by atoms with Gasteiger partial charge in [0.25, 0.3) is 0 Å². The lowest BCUT2D eigenvalue weighted by Gasteiger charge is -2.37. The van der Waals surface area contributed by atoms with E-state index in [9.17, 15) is 27.5 Å². The average molecular weight is 436 g/mol. The minimum Gasteiger partial charge on any atom is -0.508 e. The molecule has 0 radical (unpaired) electrons. The lowest BCUT2D eigenvalue weighted by atomic mass is 9.87. The van der Waals surface area contributed by atoms with Gasteiger partial charge in [-0.15, -0.1) is 0 Å². The summed E-state index contributed by atoms with van der Waals surface area (Å²) in [6.45, 7) is 1.50. The Morgan fingerprint density at radius 3 is 2.26 bits per heavy atom. The summed E-state index contributed by atoms with van der Waals surface area (Å²) >= 11 is 0. The number of benzene rings is 2. The molecule has 166 valence electrons. The van der Waals surface area contributed by atoms with Gasteiger partial charge in [-0.25, -0.2) is 4.39 Å². The van der Waals surface area contributed by atoms with E-state index in [0.717, 1.165) is 17.7 Å². The molecule has 2 saturated heterocycles. The molecule has 4 rings (SSSR count). The van der Waals surface area contributed by atoms with Crippen LogP contribution in [0, 0.1) is 0 Å². The first kappa shape index (κ1) is 21.6. The molecule has 3 atom stereocenters. The predicted molar refractivity (Wildman–Crippen MR) is 107 cm³/mol. The summed E-state index contributed by atoms with van der Waals surface area (Å²) in [7, 11) is 0. The highest BCUT2D eigenvalue weighted by Gasteiger charge is 2.40. The van der Waals surface area contributed by atoms with Crippen LogP contribution in [0.4, 0.5) is 17.6 Å². The molecule has 2 heterocycles. The fraction of sp³-hybridized carbons (Fsp3) is 0.435. The van der Waals surface area contributed by atoms with Crippen molar-refractivity contribution < 1.29 is 27.5 Å². The Bertz CT molecular complexity index is 915. The third kappa shape index (κ3) is 4.69. The van der Waals surface area contributed by atoms with Gasteiger partial charge in [0.05, 0.1) is 11.6 Å². The molecule has 2 aliphatic heterocycles. The van der Waals surface area contributed by atoms with Crippen LogP contribution >= 0.6 is 0 Å². The quantitative estimate of drug-likeness (QED) is 0.726. The van der Waals surface area contributed by atoms with Gasteiger partial charge in [0.2, 0.25) is 5.91 Å². The van der Waals surface area contributed by atoms with E-state index in [4.69, 9.17) is 0 Å². The molecule has 0 bridgehead atoms. The van der Waals surface area contributed by atoms with Crippen LogP contribution in [0.3, 0.4) is 0 Å². The highest BCUT2D eigenvalue weighted by atomic mass is 19.4. The first-order chi connectivity index (χ1) is 14.7. The van der Waals surface area contributed by atoms with Gasteiger partial charge in [0.1, 0.15) is 11.9 Å². The monoisotopic (exact) mass is 436 g/mol. The van der Waals surface area contributed by atoms with Crippen molar-refractivity contribution in [3.05, 3.63) is 65.2 Å². The number of carbonyl (C=O) groups excluding carboxylic acids is 1. The van der Waals surface area contributed by atoms with Crippen molar-refractivity contribution in [2.45, 2.75) is 43.7 Å². The first-order valence-corrected chi connectivity index (χ1v) is 10.3. The summed E-state index contributed by atoms with van der Waals surface area (Å²) in [5.74, 6) is -0.229. The standard InChI is InChI=1S/C23H24F4N2O2/c24-20-14-28(11-9-19(20)16-3-7-18(30)8-4-16)21-10-12-29(22(21)31)13-15-1-5-17(6-2-15)23(25,26)27/h1-8,19-21,30H,9-14H2/t19-,20+,21?/m1/s1. The summed E-state index contributed by atoms with van der Waals surface area (Å²) in [4.78, 5) is 16.4. The van der Waals surface area contributed by atoms with E-state index in [1.165, 1.54) is 12.1 Å². The minimum absolute atomic E-state index is 0.102. The van der Waals surface area contributed by atoms with Crippen molar-refractivity contribution in [3.8, 4) is 5.75 Å². The second-order valence-electron chi connectivity index (χ2n) is 8.26. The molecule has 0 aliphatic carbocycles. The van der Waals surface area contributed by atoms with Crippen molar-refractivity contribution in [1.82, 2.24) is 9.80 Å². The molecule has 2 aromatic rings. The van der Waals surface area contributed by atoms with Crippen LogP contribution < -0.4 is 0 Å². The Labute approximate surface area is 178 Å². The maximum absolute atomic E-state index is 14.9. The number of nitrogens with zero attached hydrogens (tertiary/aromatic N) is 2. The molecular weight excluding hydrogens is 412 g/mol. The number of hydrogen-bond acceptors (Lipinski definition) is 3. The summed E-state index contributed by atoms with van der Waals surface area (Å²) in [5, 5.41) is 9.42. The second kappa shape index (κ2) is 8.49. The lowest BCUT2D eigenvalue weighted by Crippen LogP contribution is -2.49. The lowest BCUT2D eigenvalue weighted by molar-refractivity contribution is -0.137. The fourth-order valence-electron chi connectivity index (χ4n) is 4.55. The summed E-state index contributed by atoms with van der Waals surface area (Å²) in [6.07, 6.45) is -4.34. The molecule has 2 aromatic carbocycles. The van der Waals surface area contributed by atoms with Crippen LogP contribution in [0.1, 0.15) is 35.4 Å². The maximum Gasteiger partial charge on any atom is 0.416 e. The van der Waals surface area contributed by atoms with Crippen LogP contribution in [0.25, 0.3) is 0 Å². The summed E-state index contributed by atoms with van der Waals surface area (Å²) < 4.78 is 53.1. The van der Waals surface area contributed by atoms with Crippen molar-refractivity contribution >= 4 is 5.91 Å². The van der Waals surface area contributed by atoms with Gasteiger partial charge in [0.15, 0.2) is 0 Å². The molecule has 31 heavy (non-hydrogen) atoms. The normalized spacial score (nSPS) is 25.2.